The highest BCUT2D eigenvalue weighted by Crippen LogP contribution is 2.11. The molecule has 0 saturated carbocycles. The number of benzene rings is 1. The van der Waals surface area contributed by atoms with Crippen molar-refractivity contribution in [3.8, 4) is 0 Å². The molecule has 1 saturated heterocycles. The Morgan fingerprint density at radius 1 is 1.14 bits per heavy atom. The summed E-state index contributed by atoms with van der Waals surface area (Å²) in [6, 6.07) is 12.9. The highest BCUT2D eigenvalue weighted by atomic mass is 16.5. The first-order chi connectivity index (χ1) is 14.2. The quantitative estimate of drug-likeness (QED) is 0.509. The predicted molar refractivity (Wildman–Crippen MR) is 111 cm³/mol. The van der Waals surface area contributed by atoms with Crippen LogP contribution in [0.5, 0.6) is 0 Å². The van der Waals surface area contributed by atoms with E-state index in [9.17, 15) is 9.59 Å². The number of anilines is 2. The maximum absolute atomic E-state index is 12.4. The fourth-order valence-electron chi connectivity index (χ4n) is 3.34. The molecule has 2 aromatic rings. The summed E-state index contributed by atoms with van der Waals surface area (Å²) in [6.07, 6.45) is 3.78. The van der Waals surface area contributed by atoms with Crippen molar-refractivity contribution in [3.63, 3.8) is 0 Å². The molecule has 29 heavy (non-hydrogen) atoms. The van der Waals surface area contributed by atoms with Crippen LogP contribution in [0.2, 0.25) is 0 Å². The number of piperazine rings is 1. The largest absolute Gasteiger partial charge is 0.462 e. The Morgan fingerprint density at radius 3 is 2.55 bits per heavy atom. The molecule has 1 aromatic heterocycles. The monoisotopic (exact) mass is 398 g/mol. The molecule has 154 valence electrons. The Hall–Kier alpha value is -2.93. The van der Waals surface area contributed by atoms with E-state index in [4.69, 9.17) is 4.74 Å². The Morgan fingerprint density at radius 2 is 1.90 bits per heavy atom. The van der Waals surface area contributed by atoms with Gasteiger partial charge in [-0.25, -0.2) is 9.78 Å². The van der Waals surface area contributed by atoms with Crippen molar-refractivity contribution in [2.75, 3.05) is 49.5 Å². The number of carbonyl (C=O) groups excluding carboxylic acids is 2. The summed E-state index contributed by atoms with van der Waals surface area (Å²) < 4.78 is 5.19. The van der Waals surface area contributed by atoms with Gasteiger partial charge in [0.2, 0.25) is 0 Å². The molecule has 0 unspecified atom stereocenters. The van der Waals surface area contributed by atoms with Gasteiger partial charge in [0.15, 0.2) is 6.54 Å². The van der Waals surface area contributed by atoms with Gasteiger partial charge < -0.3 is 15.0 Å². The van der Waals surface area contributed by atoms with E-state index in [2.05, 4.69) is 28.2 Å². The normalized spacial score (nSPS) is 14.4. The topological polar surface area (TPSA) is 77.2 Å². The molecule has 0 radical (unpaired) electrons. The lowest BCUT2D eigenvalue weighted by Gasteiger charge is -2.27. The van der Waals surface area contributed by atoms with E-state index < -0.39 is 0 Å². The first-order valence-corrected chi connectivity index (χ1v) is 10.3. The summed E-state index contributed by atoms with van der Waals surface area (Å²) in [6.45, 7) is 6.58. The first-order valence-electron chi connectivity index (χ1n) is 10.3. The third-order valence-corrected chi connectivity index (χ3v) is 5.05. The van der Waals surface area contributed by atoms with Gasteiger partial charge in [0, 0.05) is 11.8 Å². The van der Waals surface area contributed by atoms with Crippen LogP contribution < -0.4 is 20.1 Å². The van der Waals surface area contributed by atoms with E-state index in [-0.39, 0.29) is 11.9 Å². The fraction of sp³-hybridized carbons (Fsp3) is 0.409. The molecule has 1 aliphatic rings. The number of unbranched alkanes of at least 4 members (excludes halogenated alkanes) is 1. The molecule has 0 aliphatic carbocycles. The van der Waals surface area contributed by atoms with Crippen LogP contribution in [0.3, 0.4) is 0 Å². The Labute approximate surface area is 171 Å². The summed E-state index contributed by atoms with van der Waals surface area (Å²) in [5.41, 5.74) is 1.19. The molecule has 1 fully saturated rings. The molecule has 1 aliphatic heterocycles. The van der Waals surface area contributed by atoms with E-state index in [0.29, 0.717) is 24.4 Å². The number of hydrogen-bond donors (Lipinski definition) is 2. The molecule has 7 heteroatoms. The van der Waals surface area contributed by atoms with E-state index >= 15 is 0 Å². The van der Waals surface area contributed by atoms with Crippen LogP contribution in [0.25, 0.3) is 0 Å². The number of esters is 1. The summed E-state index contributed by atoms with van der Waals surface area (Å²) in [5, 5.41) is 2.92. The molecular formula is C22H30N4O3+2. The van der Waals surface area contributed by atoms with E-state index in [1.165, 1.54) is 4.90 Å². The zero-order chi connectivity index (χ0) is 20.5. The van der Waals surface area contributed by atoms with Gasteiger partial charge in [0.05, 0.1) is 18.4 Å². The zero-order valence-corrected chi connectivity index (χ0v) is 16.9. The van der Waals surface area contributed by atoms with Gasteiger partial charge in [-0.2, -0.15) is 0 Å². The zero-order valence-electron chi connectivity index (χ0n) is 16.9. The lowest BCUT2D eigenvalue weighted by molar-refractivity contribution is -0.892. The number of rotatable bonds is 8. The smallest absolute Gasteiger partial charge is 0.338 e. The van der Waals surface area contributed by atoms with E-state index in [1.54, 1.807) is 24.3 Å². The number of amides is 1. The van der Waals surface area contributed by atoms with Crippen LogP contribution >= 0.6 is 0 Å². The second-order valence-corrected chi connectivity index (χ2v) is 7.28. The number of aromatic amines is 1. The summed E-state index contributed by atoms with van der Waals surface area (Å²) >= 11 is 0. The van der Waals surface area contributed by atoms with Crippen molar-refractivity contribution in [2.45, 2.75) is 19.8 Å². The van der Waals surface area contributed by atoms with Gasteiger partial charge in [-0.15, -0.1) is 0 Å². The van der Waals surface area contributed by atoms with Gasteiger partial charge in [-0.1, -0.05) is 19.4 Å². The first kappa shape index (κ1) is 20.8. The van der Waals surface area contributed by atoms with Crippen molar-refractivity contribution < 1.29 is 24.2 Å². The van der Waals surface area contributed by atoms with Crippen LogP contribution in [0.4, 0.5) is 11.5 Å². The van der Waals surface area contributed by atoms with Crippen molar-refractivity contribution in [1.82, 2.24) is 0 Å². The summed E-state index contributed by atoms with van der Waals surface area (Å²) in [4.78, 5) is 31.1. The van der Waals surface area contributed by atoms with Crippen LogP contribution in [0.15, 0.2) is 48.7 Å². The van der Waals surface area contributed by atoms with E-state index in [1.807, 2.05) is 18.3 Å². The van der Waals surface area contributed by atoms with Crippen molar-refractivity contribution in [3.05, 3.63) is 54.2 Å². The van der Waals surface area contributed by atoms with E-state index in [0.717, 1.165) is 44.8 Å². The maximum Gasteiger partial charge on any atom is 0.338 e. The van der Waals surface area contributed by atoms with Crippen LogP contribution in [0, 0.1) is 0 Å². The molecule has 7 nitrogen and oxygen atoms in total. The van der Waals surface area contributed by atoms with Crippen LogP contribution in [0.1, 0.15) is 30.1 Å². The molecule has 3 N–H and O–H groups in total. The Balaban J connectivity index is 1.42. The fourth-order valence-corrected chi connectivity index (χ4v) is 3.34. The van der Waals surface area contributed by atoms with Crippen LogP contribution in [-0.4, -0.2) is 51.2 Å². The average Bonchev–Trinajstić information content (AvgIpc) is 2.75. The minimum absolute atomic E-state index is 0.0157. The SMILES string of the molecule is CCCCOC(=O)c1ccc(NC(=O)C[NH+]2CCN(c3cccc[nH+]3)CC2)cc1. The standard InChI is InChI=1S/C22H28N4O3/c1-2-3-16-29-22(28)18-7-9-19(10-8-18)24-21(27)17-25-12-14-26(15-13-25)20-6-4-5-11-23-20/h4-11H,2-3,12-17H2,1H3,(H,24,27)/p+2. The minimum atomic E-state index is -0.325. The van der Waals surface area contributed by atoms with Crippen molar-refractivity contribution >= 4 is 23.4 Å². The lowest BCUT2D eigenvalue weighted by Crippen LogP contribution is -3.15. The number of quaternary nitrogens is 1. The summed E-state index contributed by atoms with van der Waals surface area (Å²) in [5.74, 6) is 0.775. The number of carbonyl (C=O) groups is 2. The number of ether oxygens (including phenoxy) is 1. The highest BCUT2D eigenvalue weighted by molar-refractivity contribution is 5.93. The van der Waals surface area contributed by atoms with Gasteiger partial charge in [-0.05, 0) is 36.8 Å². The van der Waals surface area contributed by atoms with Gasteiger partial charge in [0.1, 0.15) is 26.2 Å². The maximum atomic E-state index is 12.4. The molecule has 1 amide bonds. The Bertz CT molecular complexity index is 787. The number of aromatic nitrogens is 1. The molecule has 0 bridgehead atoms. The molecule has 0 atom stereocenters. The van der Waals surface area contributed by atoms with Gasteiger partial charge in [0.25, 0.3) is 11.7 Å². The highest BCUT2D eigenvalue weighted by Gasteiger charge is 2.27. The molecule has 1 aromatic carbocycles. The number of nitrogens with zero attached hydrogens (tertiary/aromatic N) is 1. The number of hydrogen-bond acceptors (Lipinski definition) is 4. The Kier molecular flexibility index (Phi) is 7.58. The van der Waals surface area contributed by atoms with Crippen molar-refractivity contribution in [2.24, 2.45) is 0 Å². The van der Waals surface area contributed by atoms with Crippen molar-refractivity contribution in [1.29, 1.82) is 0 Å². The molecule has 0 spiro atoms. The third kappa shape index (κ3) is 6.29. The average molecular weight is 399 g/mol. The van der Waals surface area contributed by atoms with Gasteiger partial charge >= 0.3 is 5.97 Å². The van der Waals surface area contributed by atoms with Gasteiger partial charge in [-0.3, -0.25) is 9.69 Å². The predicted octanol–water partition coefficient (Wildman–Crippen LogP) is 0.801. The third-order valence-electron chi connectivity index (χ3n) is 5.05. The second kappa shape index (κ2) is 10.6. The minimum Gasteiger partial charge on any atom is -0.462 e. The number of H-pyrrole nitrogens is 1. The van der Waals surface area contributed by atoms with Crippen LogP contribution in [-0.2, 0) is 9.53 Å². The number of nitrogens with one attached hydrogen (secondary N) is 3. The lowest BCUT2D eigenvalue weighted by atomic mass is 10.2. The molecule has 2 heterocycles. The molecular weight excluding hydrogens is 368 g/mol. The second-order valence-electron chi connectivity index (χ2n) is 7.28. The molecule has 3 rings (SSSR count). The number of pyridine rings is 1. The summed E-state index contributed by atoms with van der Waals surface area (Å²) in [7, 11) is 0.